The Morgan fingerprint density at radius 1 is 0.886 bits per heavy atom. The Morgan fingerprint density at radius 2 is 1.54 bits per heavy atom. The lowest BCUT2D eigenvalue weighted by Crippen LogP contribution is -2.37. The minimum atomic E-state index is -1.57. The summed E-state index contributed by atoms with van der Waals surface area (Å²) in [5, 5.41) is 2.46. The lowest BCUT2D eigenvalue weighted by Gasteiger charge is -2.19. The standard InChI is InChI=1S/C28H21NO6/c1-17(30)19-12-14-20(15-13-19)29-27(33)25(32)24(23(31)16-11-18-7-3-2-4-8-18)26-21-9-5-6-10-22(21)28(34)35-26/h2-16,24,26H,1H3,(H,29,33)/b16-11+/t24-,26-/m0/s1. The Morgan fingerprint density at radius 3 is 2.23 bits per heavy atom. The number of nitrogens with one attached hydrogen (secondary N) is 1. The van der Waals surface area contributed by atoms with E-state index in [0.29, 0.717) is 11.1 Å². The Bertz CT molecular complexity index is 1340. The van der Waals surface area contributed by atoms with Gasteiger partial charge < -0.3 is 10.1 Å². The number of allylic oxidation sites excluding steroid dienone is 1. The van der Waals surface area contributed by atoms with Gasteiger partial charge in [-0.25, -0.2) is 4.79 Å². The number of hydrogen-bond donors (Lipinski definition) is 1. The molecule has 0 saturated heterocycles. The molecule has 1 heterocycles. The molecule has 0 unspecified atom stereocenters. The molecule has 174 valence electrons. The van der Waals surface area contributed by atoms with Gasteiger partial charge in [0.05, 0.1) is 5.56 Å². The molecule has 3 aromatic rings. The van der Waals surface area contributed by atoms with Gasteiger partial charge in [-0.05, 0) is 48.9 Å². The van der Waals surface area contributed by atoms with Gasteiger partial charge in [-0.2, -0.15) is 0 Å². The molecule has 0 saturated carbocycles. The summed E-state index contributed by atoms with van der Waals surface area (Å²) in [5.74, 6) is -5.13. The molecule has 0 aromatic heterocycles. The van der Waals surface area contributed by atoms with E-state index in [2.05, 4.69) is 5.32 Å². The van der Waals surface area contributed by atoms with Gasteiger partial charge in [0.25, 0.3) is 5.91 Å². The van der Waals surface area contributed by atoms with Gasteiger partial charge in [0.1, 0.15) is 12.0 Å². The molecule has 7 nitrogen and oxygen atoms in total. The van der Waals surface area contributed by atoms with Crippen LogP contribution < -0.4 is 5.32 Å². The normalized spacial score (nSPS) is 15.2. The molecule has 1 aliphatic rings. The molecule has 2 atom stereocenters. The number of esters is 1. The molecule has 0 spiro atoms. The maximum absolute atomic E-state index is 13.3. The highest BCUT2D eigenvalue weighted by Gasteiger charge is 2.45. The minimum absolute atomic E-state index is 0.142. The van der Waals surface area contributed by atoms with Gasteiger partial charge in [-0.15, -0.1) is 0 Å². The molecular weight excluding hydrogens is 446 g/mol. The van der Waals surface area contributed by atoms with E-state index in [4.69, 9.17) is 4.74 Å². The number of cyclic esters (lactones) is 1. The molecule has 3 aromatic carbocycles. The number of carbonyl (C=O) groups is 5. The van der Waals surface area contributed by atoms with Crippen molar-refractivity contribution in [2.45, 2.75) is 13.0 Å². The van der Waals surface area contributed by atoms with Crippen molar-refractivity contribution >= 4 is 41.0 Å². The second kappa shape index (κ2) is 10.1. The van der Waals surface area contributed by atoms with Crippen molar-refractivity contribution in [3.05, 3.63) is 107 Å². The van der Waals surface area contributed by atoms with Crippen LogP contribution >= 0.6 is 0 Å². The van der Waals surface area contributed by atoms with E-state index in [1.54, 1.807) is 48.5 Å². The SMILES string of the molecule is CC(=O)c1ccc(NC(=O)C(=O)[C@H](C(=O)/C=C/c2ccccc2)[C@H]2OC(=O)c3ccccc32)cc1. The van der Waals surface area contributed by atoms with Gasteiger partial charge in [0, 0.05) is 16.8 Å². The van der Waals surface area contributed by atoms with Crippen LogP contribution in [0.15, 0.2) is 84.9 Å². The molecular formula is C28H21NO6. The number of Topliss-reactive ketones (excluding diaryl/α,β-unsaturated/α-hetero) is 2. The van der Waals surface area contributed by atoms with Crippen LogP contribution in [0.25, 0.3) is 6.08 Å². The molecule has 0 bridgehead atoms. The average molecular weight is 467 g/mol. The number of fused-ring (bicyclic) bond motifs is 1. The van der Waals surface area contributed by atoms with E-state index >= 15 is 0 Å². The fourth-order valence-corrected chi connectivity index (χ4v) is 3.81. The predicted molar refractivity (Wildman–Crippen MR) is 129 cm³/mol. The quantitative estimate of drug-likeness (QED) is 0.175. The highest BCUT2D eigenvalue weighted by Crippen LogP contribution is 2.37. The van der Waals surface area contributed by atoms with Crippen LogP contribution in [0, 0.1) is 5.92 Å². The van der Waals surface area contributed by atoms with E-state index in [1.165, 1.54) is 43.3 Å². The average Bonchev–Trinajstić information content (AvgIpc) is 3.20. The first-order chi connectivity index (χ1) is 16.8. The largest absolute Gasteiger partial charge is 0.453 e. The molecule has 35 heavy (non-hydrogen) atoms. The van der Waals surface area contributed by atoms with E-state index in [9.17, 15) is 24.0 Å². The topological polar surface area (TPSA) is 107 Å². The highest BCUT2D eigenvalue weighted by atomic mass is 16.5. The monoisotopic (exact) mass is 467 g/mol. The van der Waals surface area contributed by atoms with Crippen molar-refractivity contribution in [2.75, 3.05) is 5.32 Å². The van der Waals surface area contributed by atoms with Gasteiger partial charge in [-0.3, -0.25) is 19.2 Å². The van der Waals surface area contributed by atoms with Crippen LogP contribution in [0.2, 0.25) is 0 Å². The van der Waals surface area contributed by atoms with Crippen molar-refractivity contribution in [1.29, 1.82) is 0 Å². The summed E-state index contributed by atoms with van der Waals surface area (Å²) in [6.07, 6.45) is 1.51. The molecule has 0 aliphatic carbocycles. The minimum Gasteiger partial charge on any atom is -0.453 e. The van der Waals surface area contributed by atoms with Gasteiger partial charge >= 0.3 is 5.97 Å². The van der Waals surface area contributed by atoms with Crippen molar-refractivity contribution < 1.29 is 28.7 Å². The summed E-state index contributed by atoms with van der Waals surface area (Å²) >= 11 is 0. The number of anilines is 1. The molecule has 4 rings (SSSR count). The zero-order valence-electron chi connectivity index (χ0n) is 18.8. The van der Waals surface area contributed by atoms with Crippen LogP contribution in [-0.2, 0) is 19.1 Å². The first-order valence-electron chi connectivity index (χ1n) is 10.9. The van der Waals surface area contributed by atoms with Crippen molar-refractivity contribution in [2.24, 2.45) is 5.92 Å². The zero-order chi connectivity index (χ0) is 24.9. The Hall–Kier alpha value is -4.65. The summed E-state index contributed by atoms with van der Waals surface area (Å²) < 4.78 is 5.40. The van der Waals surface area contributed by atoms with Crippen LogP contribution in [0.5, 0.6) is 0 Å². The first-order valence-corrected chi connectivity index (χ1v) is 10.9. The molecule has 0 fully saturated rings. The van der Waals surface area contributed by atoms with E-state index in [0.717, 1.165) is 5.56 Å². The third-order valence-electron chi connectivity index (χ3n) is 5.63. The van der Waals surface area contributed by atoms with Crippen molar-refractivity contribution in [1.82, 2.24) is 0 Å². The molecule has 0 radical (unpaired) electrons. The van der Waals surface area contributed by atoms with Crippen LogP contribution in [-0.4, -0.2) is 29.2 Å². The first kappa shape index (κ1) is 23.5. The van der Waals surface area contributed by atoms with Gasteiger partial charge in [-0.1, -0.05) is 54.6 Å². The second-order valence-corrected chi connectivity index (χ2v) is 7.99. The number of rotatable bonds is 8. The lowest BCUT2D eigenvalue weighted by molar-refractivity contribution is -0.143. The summed E-state index contributed by atoms with van der Waals surface area (Å²) in [4.78, 5) is 63.2. The molecule has 1 amide bonds. The third-order valence-corrected chi connectivity index (χ3v) is 5.63. The van der Waals surface area contributed by atoms with Crippen molar-refractivity contribution in [3.63, 3.8) is 0 Å². The molecule has 1 N–H and O–H groups in total. The maximum atomic E-state index is 13.3. The summed E-state index contributed by atoms with van der Waals surface area (Å²) in [7, 11) is 0. The number of amides is 1. The van der Waals surface area contributed by atoms with E-state index in [-0.39, 0.29) is 17.0 Å². The number of hydrogen-bond acceptors (Lipinski definition) is 6. The van der Waals surface area contributed by atoms with E-state index in [1.807, 2.05) is 6.07 Å². The smallest absolute Gasteiger partial charge is 0.339 e. The third kappa shape index (κ3) is 5.14. The molecule has 1 aliphatic heterocycles. The van der Waals surface area contributed by atoms with Crippen LogP contribution in [0.3, 0.4) is 0 Å². The van der Waals surface area contributed by atoms with Gasteiger partial charge in [0.2, 0.25) is 5.78 Å². The predicted octanol–water partition coefficient (Wildman–Crippen LogP) is 4.21. The molecule has 7 heteroatoms. The highest BCUT2D eigenvalue weighted by molar-refractivity contribution is 6.45. The summed E-state index contributed by atoms with van der Waals surface area (Å²) in [6, 6.07) is 21.4. The Kier molecular flexibility index (Phi) is 6.78. The summed E-state index contributed by atoms with van der Waals surface area (Å²) in [6.45, 7) is 1.41. The zero-order valence-corrected chi connectivity index (χ0v) is 18.8. The number of benzene rings is 3. The Labute approximate surface area is 201 Å². The summed E-state index contributed by atoms with van der Waals surface area (Å²) in [5.41, 5.74) is 2.07. The fourth-order valence-electron chi connectivity index (χ4n) is 3.81. The van der Waals surface area contributed by atoms with Gasteiger partial charge in [0.15, 0.2) is 11.6 Å². The number of ketones is 3. The maximum Gasteiger partial charge on any atom is 0.339 e. The number of ether oxygens (including phenoxy) is 1. The van der Waals surface area contributed by atoms with Crippen LogP contribution in [0.4, 0.5) is 5.69 Å². The number of carbonyl (C=O) groups excluding carboxylic acids is 5. The van der Waals surface area contributed by atoms with Crippen LogP contribution in [0.1, 0.15) is 44.9 Å². The second-order valence-electron chi connectivity index (χ2n) is 7.99. The van der Waals surface area contributed by atoms with E-state index < -0.39 is 35.5 Å². The lowest BCUT2D eigenvalue weighted by atomic mass is 9.87. The van der Waals surface area contributed by atoms with Crippen molar-refractivity contribution in [3.8, 4) is 0 Å². The Balaban J connectivity index is 1.63. The fraction of sp³-hybridized carbons (Fsp3) is 0.107.